The number of carbonyl (C=O) groups is 1. The van der Waals surface area contributed by atoms with Gasteiger partial charge in [-0.2, -0.15) is 0 Å². The minimum atomic E-state index is -0.658. The van der Waals surface area contributed by atoms with Crippen LogP contribution in [0.3, 0.4) is 0 Å². The summed E-state index contributed by atoms with van der Waals surface area (Å²) in [6.45, 7) is 7.00. The highest BCUT2D eigenvalue weighted by Gasteiger charge is 2.51. The SMILES string of the molecule is CCNC1CC(C(=O)O)C1(C)C. The van der Waals surface area contributed by atoms with Crippen LogP contribution in [0.1, 0.15) is 27.2 Å². The van der Waals surface area contributed by atoms with Crippen molar-refractivity contribution in [3.05, 3.63) is 0 Å². The van der Waals surface area contributed by atoms with Gasteiger partial charge in [-0.25, -0.2) is 0 Å². The molecule has 1 aliphatic rings. The van der Waals surface area contributed by atoms with Gasteiger partial charge < -0.3 is 10.4 Å². The van der Waals surface area contributed by atoms with Crippen molar-refractivity contribution in [1.82, 2.24) is 5.32 Å². The van der Waals surface area contributed by atoms with Crippen molar-refractivity contribution in [3.8, 4) is 0 Å². The van der Waals surface area contributed by atoms with Crippen molar-refractivity contribution in [3.63, 3.8) is 0 Å². The van der Waals surface area contributed by atoms with Crippen LogP contribution >= 0.6 is 0 Å². The van der Waals surface area contributed by atoms with Crippen LogP contribution in [-0.4, -0.2) is 23.7 Å². The first-order chi connectivity index (χ1) is 5.50. The summed E-state index contributed by atoms with van der Waals surface area (Å²) < 4.78 is 0. The van der Waals surface area contributed by atoms with Gasteiger partial charge in [0, 0.05) is 6.04 Å². The van der Waals surface area contributed by atoms with E-state index in [9.17, 15) is 4.79 Å². The first-order valence-corrected chi connectivity index (χ1v) is 4.46. The van der Waals surface area contributed by atoms with E-state index in [1.165, 1.54) is 0 Å². The number of aliphatic carboxylic acids is 1. The molecule has 0 aliphatic heterocycles. The highest BCUT2D eigenvalue weighted by molar-refractivity contribution is 5.72. The first-order valence-electron chi connectivity index (χ1n) is 4.46. The summed E-state index contributed by atoms with van der Waals surface area (Å²) in [4.78, 5) is 10.7. The molecular weight excluding hydrogens is 154 g/mol. The third kappa shape index (κ3) is 1.33. The second-order valence-electron chi connectivity index (χ2n) is 4.06. The Labute approximate surface area is 73.2 Å². The average molecular weight is 171 g/mol. The quantitative estimate of drug-likeness (QED) is 0.668. The van der Waals surface area contributed by atoms with Crippen molar-refractivity contribution in [2.24, 2.45) is 11.3 Å². The molecular formula is C9H17NO2. The van der Waals surface area contributed by atoms with Crippen LogP contribution < -0.4 is 5.32 Å². The summed E-state index contributed by atoms with van der Waals surface area (Å²) in [5, 5.41) is 12.1. The molecule has 2 unspecified atom stereocenters. The fourth-order valence-corrected chi connectivity index (χ4v) is 1.94. The average Bonchev–Trinajstić information content (AvgIpc) is 1.96. The Bertz CT molecular complexity index is 189. The van der Waals surface area contributed by atoms with Gasteiger partial charge in [0.05, 0.1) is 5.92 Å². The van der Waals surface area contributed by atoms with E-state index in [4.69, 9.17) is 5.11 Å². The molecule has 0 aromatic rings. The van der Waals surface area contributed by atoms with Crippen LogP contribution in [-0.2, 0) is 4.79 Å². The number of carboxylic acid groups (broad SMARTS) is 1. The zero-order valence-electron chi connectivity index (χ0n) is 7.92. The first kappa shape index (κ1) is 9.52. The van der Waals surface area contributed by atoms with Crippen LogP contribution in [0.15, 0.2) is 0 Å². The molecule has 0 aromatic heterocycles. The summed E-state index contributed by atoms with van der Waals surface area (Å²) in [6, 6.07) is 0.378. The second kappa shape index (κ2) is 3.05. The Morgan fingerprint density at radius 1 is 1.67 bits per heavy atom. The largest absolute Gasteiger partial charge is 0.481 e. The Kier molecular flexibility index (Phi) is 2.42. The Morgan fingerprint density at radius 3 is 2.58 bits per heavy atom. The van der Waals surface area contributed by atoms with E-state index >= 15 is 0 Å². The van der Waals surface area contributed by atoms with E-state index in [2.05, 4.69) is 5.32 Å². The highest BCUT2D eigenvalue weighted by Crippen LogP contribution is 2.46. The fourth-order valence-electron chi connectivity index (χ4n) is 1.94. The molecule has 70 valence electrons. The van der Waals surface area contributed by atoms with E-state index < -0.39 is 5.97 Å². The van der Waals surface area contributed by atoms with E-state index in [0.717, 1.165) is 13.0 Å². The molecule has 0 spiro atoms. The smallest absolute Gasteiger partial charge is 0.307 e. The normalized spacial score (nSPS) is 32.6. The van der Waals surface area contributed by atoms with Crippen molar-refractivity contribution in [2.45, 2.75) is 33.2 Å². The molecule has 0 aromatic carbocycles. The molecule has 0 saturated heterocycles. The topological polar surface area (TPSA) is 49.3 Å². The lowest BCUT2D eigenvalue weighted by atomic mass is 9.58. The van der Waals surface area contributed by atoms with Crippen molar-refractivity contribution >= 4 is 5.97 Å². The lowest BCUT2D eigenvalue weighted by Gasteiger charge is -2.50. The van der Waals surface area contributed by atoms with Gasteiger partial charge in [0.15, 0.2) is 0 Å². The third-order valence-electron chi connectivity index (χ3n) is 3.02. The van der Waals surface area contributed by atoms with Gasteiger partial charge in [0.25, 0.3) is 0 Å². The van der Waals surface area contributed by atoms with Crippen LogP contribution in [0.2, 0.25) is 0 Å². The minimum Gasteiger partial charge on any atom is -0.481 e. The van der Waals surface area contributed by atoms with Gasteiger partial charge in [0.2, 0.25) is 0 Å². The number of hydrogen-bond donors (Lipinski definition) is 2. The molecule has 0 amide bonds. The molecule has 1 rings (SSSR count). The van der Waals surface area contributed by atoms with Crippen LogP contribution in [0.4, 0.5) is 0 Å². The summed E-state index contributed by atoms with van der Waals surface area (Å²) >= 11 is 0. The Morgan fingerprint density at radius 2 is 2.25 bits per heavy atom. The van der Waals surface area contributed by atoms with Crippen LogP contribution in [0, 0.1) is 11.3 Å². The summed E-state index contributed by atoms with van der Waals surface area (Å²) in [7, 11) is 0. The van der Waals surface area contributed by atoms with E-state index in [1.807, 2.05) is 20.8 Å². The molecule has 1 fully saturated rings. The van der Waals surface area contributed by atoms with Crippen molar-refractivity contribution < 1.29 is 9.90 Å². The molecule has 0 bridgehead atoms. The van der Waals surface area contributed by atoms with Crippen LogP contribution in [0.5, 0.6) is 0 Å². The predicted octanol–water partition coefficient (Wildman–Crippen LogP) is 1.10. The maximum absolute atomic E-state index is 10.7. The minimum absolute atomic E-state index is 0.0815. The maximum Gasteiger partial charge on any atom is 0.307 e. The van der Waals surface area contributed by atoms with Gasteiger partial charge >= 0.3 is 5.97 Å². The molecule has 0 heterocycles. The number of rotatable bonds is 3. The highest BCUT2D eigenvalue weighted by atomic mass is 16.4. The molecule has 1 aliphatic carbocycles. The Hall–Kier alpha value is -0.570. The molecule has 12 heavy (non-hydrogen) atoms. The van der Waals surface area contributed by atoms with Crippen molar-refractivity contribution in [2.75, 3.05) is 6.54 Å². The lowest BCUT2D eigenvalue weighted by molar-refractivity contribution is -0.155. The second-order valence-corrected chi connectivity index (χ2v) is 4.06. The number of nitrogens with one attached hydrogen (secondary N) is 1. The zero-order chi connectivity index (χ0) is 9.35. The van der Waals surface area contributed by atoms with Gasteiger partial charge in [-0.05, 0) is 18.4 Å². The van der Waals surface area contributed by atoms with Gasteiger partial charge in [-0.15, -0.1) is 0 Å². The summed E-state index contributed by atoms with van der Waals surface area (Å²) in [5.41, 5.74) is -0.0815. The predicted molar refractivity (Wildman–Crippen MR) is 47.0 cm³/mol. The molecule has 1 saturated carbocycles. The molecule has 3 heteroatoms. The molecule has 2 N–H and O–H groups in total. The number of carboxylic acids is 1. The zero-order valence-corrected chi connectivity index (χ0v) is 7.92. The Balaban J connectivity index is 2.53. The number of hydrogen-bond acceptors (Lipinski definition) is 2. The fraction of sp³-hybridized carbons (Fsp3) is 0.889. The lowest BCUT2D eigenvalue weighted by Crippen LogP contribution is -2.59. The molecule has 2 atom stereocenters. The molecule has 0 radical (unpaired) electrons. The summed E-state index contributed by atoms with van der Waals surface area (Å²) in [6.07, 6.45) is 0.774. The van der Waals surface area contributed by atoms with Crippen LogP contribution in [0.25, 0.3) is 0 Å². The van der Waals surface area contributed by atoms with Gasteiger partial charge in [0.1, 0.15) is 0 Å². The van der Waals surface area contributed by atoms with E-state index in [-0.39, 0.29) is 11.3 Å². The maximum atomic E-state index is 10.7. The van der Waals surface area contributed by atoms with Crippen molar-refractivity contribution in [1.29, 1.82) is 0 Å². The van der Waals surface area contributed by atoms with E-state index in [1.54, 1.807) is 0 Å². The molecule has 3 nitrogen and oxygen atoms in total. The summed E-state index contributed by atoms with van der Waals surface area (Å²) in [5.74, 6) is -0.823. The van der Waals surface area contributed by atoms with Gasteiger partial charge in [-0.3, -0.25) is 4.79 Å². The van der Waals surface area contributed by atoms with Gasteiger partial charge in [-0.1, -0.05) is 20.8 Å². The van der Waals surface area contributed by atoms with E-state index in [0.29, 0.717) is 6.04 Å². The standard InChI is InChI=1S/C9H17NO2/c1-4-10-7-5-6(8(11)12)9(7,2)3/h6-7,10H,4-5H2,1-3H3,(H,11,12). The monoisotopic (exact) mass is 171 g/mol. The third-order valence-corrected chi connectivity index (χ3v) is 3.02.